The first-order valence-electron chi connectivity index (χ1n) is 7.23. The van der Waals surface area contributed by atoms with Gasteiger partial charge in [0.1, 0.15) is 5.75 Å². The quantitative estimate of drug-likeness (QED) is 0.805. The van der Waals surface area contributed by atoms with Gasteiger partial charge >= 0.3 is 0 Å². The van der Waals surface area contributed by atoms with Crippen LogP contribution < -0.4 is 4.74 Å². The highest BCUT2D eigenvalue weighted by Gasteiger charge is 2.41. The highest BCUT2D eigenvalue weighted by Crippen LogP contribution is 2.45. The van der Waals surface area contributed by atoms with Gasteiger partial charge in [-0.3, -0.25) is 0 Å². The number of benzene rings is 1. The van der Waals surface area contributed by atoms with Gasteiger partial charge in [0.2, 0.25) is 0 Å². The van der Waals surface area contributed by atoms with Crippen molar-refractivity contribution in [3.63, 3.8) is 0 Å². The smallest absolute Gasteiger partial charge is 0.119 e. The van der Waals surface area contributed by atoms with Crippen LogP contribution in [0.3, 0.4) is 0 Å². The molecule has 1 fully saturated rings. The minimum absolute atomic E-state index is 0.281. The molecule has 0 spiro atoms. The van der Waals surface area contributed by atoms with Gasteiger partial charge in [-0.05, 0) is 42.4 Å². The number of nitriles is 1. The van der Waals surface area contributed by atoms with Crippen LogP contribution in [-0.4, -0.2) is 6.61 Å². The molecule has 2 rings (SSSR count). The van der Waals surface area contributed by atoms with Gasteiger partial charge in [-0.25, -0.2) is 0 Å². The molecule has 1 aliphatic rings. The highest BCUT2D eigenvalue weighted by atomic mass is 16.5. The van der Waals surface area contributed by atoms with Crippen molar-refractivity contribution in [1.82, 2.24) is 0 Å². The van der Waals surface area contributed by atoms with E-state index in [2.05, 4.69) is 39.0 Å². The van der Waals surface area contributed by atoms with Gasteiger partial charge in [-0.1, -0.05) is 39.3 Å². The summed E-state index contributed by atoms with van der Waals surface area (Å²) in [6, 6.07) is 10.7. The van der Waals surface area contributed by atoms with Crippen molar-refractivity contribution in [2.75, 3.05) is 6.61 Å². The van der Waals surface area contributed by atoms with Gasteiger partial charge in [-0.2, -0.15) is 5.26 Å². The Balaban J connectivity index is 2.16. The normalized spacial score (nSPS) is 26.4. The summed E-state index contributed by atoms with van der Waals surface area (Å²) in [6.45, 7) is 7.21. The van der Waals surface area contributed by atoms with E-state index in [1.165, 1.54) is 0 Å². The molecule has 2 unspecified atom stereocenters. The van der Waals surface area contributed by atoms with E-state index in [0.717, 1.165) is 37.2 Å². The molecule has 0 aromatic heterocycles. The molecule has 1 saturated carbocycles. The fourth-order valence-electron chi connectivity index (χ4n) is 2.95. The Morgan fingerprint density at radius 3 is 2.53 bits per heavy atom. The van der Waals surface area contributed by atoms with Gasteiger partial charge in [0.15, 0.2) is 0 Å². The third kappa shape index (κ3) is 2.76. The molecule has 19 heavy (non-hydrogen) atoms. The zero-order chi connectivity index (χ0) is 13.9. The van der Waals surface area contributed by atoms with E-state index in [1.54, 1.807) is 0 Å². The second kappa shape index (κ2) is 5.65. The van der Waals surface area contributed by atoms with Crippen LogP contribution in [0, 0.1) is 23.2 Å². The lowest BCUT2D eigenvalue weighted by Gasteiger charge is -2.26. The molecular weight excluding hydrogens is 234 g/mol. The molecule has 0 heterocycles. The Morgan fingerprint density at radius 2 is 2.05 bits per heavy atom. The van der Waals surface area contributed by atoms with Crippen LogP contribution in [0.15, 0.2) is 24.3 Å². The van der Waals surface area contributed by atoms with Crippen LogP contribution >= 0.6 is 0 Å². The minimum atomic E-state index is -0.281. The predicted octanol–water partition coefficient (Wildman–Crippen LogP) is 4.30. The van der Waals surface area contributed by atoms with Gasteiger partial charge in [0, 0.05) is 0 Å². The fourth-order valence-corrected chi connectivity index (χ4v) is 2.95. The van der Waals surface area contributed by atoms with Crippen LogP contribution in [0.5, 0.6) is 5.75 Å². The summed E-state index contributed by atoms with van der Waals surface area (Å²) in [6.07, 6.45) is 3.29. The van der Waals surface area contributed by atoms with Crippen molar-refractivity contribution in [1.29, 1.82) is 5.26 Å². The van der Waals surface area contributed by atoms with Crippen molar-refractivity contribution < 1.29 is 4.74 Å². The molecule has 1 aromatic rings. The zero-order valence-electron chi connectivity index (χ0n) is 12.1. The van der Waals surface area contributed by atoms with Crippen molar-refractivity contribution in [2.45, 2.75) is 45.4 Å². The van der Waals surface area contributed by atoms with Crippen molar-refractivity contribution in [3.8, 4) is 11.8 Å². The van der Waals surface area contributed by atoms with Crippen LogP contribution in [0.2, 0.25) is 0 Å². The molecule has 0 aliphatic heterocycles. The first kappa shape index (κ1) is 13.9. The number of hydrogen-bond donors (Lipinski definition) is 0. The molecule has 102 valence electrons. The second-order valence-corrected chi connectivity index (χ2v) is 6.11. The Hall–Kier alpha value is -1.49. The van der Waals surface area contributed by atoms with Crippen LogP contribution in [0.25, 0.3) is 0 Å². The Kier molecular flexibility index (Phi) is 4.14. The summed E-state index contributed by atoms with van der Waals surface area (Å²) in [5.74, 6) is 1.87. The van der Waals surface area contributed by atoms with E-state index in [-0.39, 0.29) is 5.41 Å². The summed E-state index contributed by atoms with van der Waals surface area (Å²) in [5, 5.41) is 9.60. The van der Waals surface area contributed by atoms with Gasteiger partial charge < -0.3 is 4.74 Å². The maximum atomic E-state index is 9.60. The molecular formula is C17H23NO. The average molecular weight is 257 g/mol. The Morgan fingerprint density at radius 1 is 1.37 bits per heavy atom. The van der Waals surface area contributed by atoms with E-state index in [1.807, 2.05) is 12.1 Å². The molecule has 0 bridgehead atoms. The number of ether oxygens (including phenoxy) is 1. The first-order chi connectivity index (χ1) is 9.08. The highest BCUT2D eigenvalue weighted by molar-refractivity contribution is 5.38. The molecule has 2 heteroatoms. The van der Waals surface area contributed by atoms with Crippen molar-refractivity contribution in [2.24, 2.45) is 11.8 Å². The fraction of sp³-hybridized carbons (Fsp3) is 0.588. The molecule has 0 saturated heterocycles. The maximum Gasteiger partial charge on any atom is 0.119 e. The molecule has 0 N–H and O–H groups in total. The van der Waals surface area contributed by atoms with Crippen LogP contribution in [0.1, 0.15) is 45.6 Å². The number of hydrogen-bond acceptors (Lipinski definition) is 2. The first-order valence-corrected chi connectivity index (χ1v) is 7.23. The summed E-state index contributed by atoms with van der Waals surface area (Å²) in [5.41, 5.74) is 0.869. The van der Waals surface area contributed by atoms with E-state index in [4.69, 9.17) is 4.74 Å². The van der Waals surface area contributed by atoms with E-state index < -0.39 is 0 Å². The van der Waals surface area contributed by atoms with Crippen molar-refractivity contribution >= 4 is 0 Å². The minimum Gasteiger partial charge on any atom is -0.493 e. The SMILES string of the molecule is CC(C)COc1ccc(C2(C#N)CCCC2C)cc1. The summed E-state index contributed by atoms with van der Waals surface area (Å²) >= 11 is 0. The lowest BCUT2D eigenvalue weighted by molar-refractivity contribution is 0.271. The molecule has 0 amide bonds. The number of nitrogens with zero attached hydrogens (tertiary/aromatic N) is 1. The molecule has 2 nitrogen and oxygen atoms in total. The van der Waals surface area contributed by atoms with Crippen LogP contribution in [-0.2, 0) is 5.41 Å². The average Bonchev–Trinajstić information content (AvgIpc) is 2.79. The molecule has 2 atom stereocenters. The van der Waals surface area contributed by atoms with E-state index in [9.17, 15) is 5.26 Å². The van der Waals surface area contributed by atoms with Crippen molar-refractivity contribution in [3.05, 3.63) is 29.8 Å². The molecule has 1 aliphatic carbocycles. The third-order valence-electron chi connectivity index (χ3n) is 4.20. The second-order valence-electron chi connectivity index (χ2n) is 6.11. The van der Waals surface area contributed by atoms with E-state index in [0.29, 0.717) is 11.8 Å². The predicted molar refractivity (Wildman–Crippen MR) is 77.1 cm³/mol. The third-order valence-corrected chi connectivity index (χ3v) is 4.20. The zero-order valence-corrected chi connectivity index (χ0v) is 12.1. The standard InChI is InChI=1S/C17H23NO/c1-13(2)11-19-16-8-6-15(7-9-16)17(12-18)10-4-5-14(17)3/h6-9,13-14H,4-5,10-11H2,1-3H3. The lowest BCUT2D eigenvalue weighted by atomic mass is 9.74. The summed E-state index contributed by atoms with van der Waals surface area (Å²) in [7, 11) is 0. The van der Waals surface area contributed by atoms with Gasteiger partial charge in [-0.15, -0.1) is 0 Å². The summed E-state index contributed by atoms with van der Waals surface area (Å²) in [4.78, 5) is 0. The largest absolute Gasteiger partial charge is 0.493 e. The van der Waals surface area contributed by atoms with Gasteiger partial charge in [0.05, 0.1) is 18.1 Å². The lowest BCUT2D eigenvalue weighted by Crippen LogP contribution is -2.26. The molecule has 0 radical (unpaired) electrons. The Bertz CT molecular complexity index is 457. The van der Waals surface area contributed by atoms with Gasteiger partial charge in [0.25, 0.3) is 0 Å². The van der Waals surface area contributed by atoms with Crippen LogP contribution in [0.4, 0.5) is 0 Å². The monoisotopic (exact) mass is 257 g/mol. The maximum absolute atomic E-state index is 9.60. The number of rotatable bonds is 4. The summed E-state index contributed by atoms with van der Waals surface area (Å²) < 4.78 is 5.70. The van der Waals surface area contributed by atoms with E-state index >= 15 is 0 Å². The molecule has 1 aromatic carbocycles. The topological polar surface area (TPSA) is 33.0 Å². The Labute approximate surface area is 116 Å².